The molecule has 3 aliphatic heterocycles. The number of aliphatic hydroxyl groups is 1. The van der Waals surface area contributed by atoms with Crippen LogP contribution >= 0.6 is 23.4 Å². The smallest absolute Gasteiger partial charge is 0.172 e. The van der Waals surface area contributed by atoms with Crippen LogP contribution in [0.5, 0.6) is 5.75 Å². The van der Waals surface area contributed by atoms with E-state index in [-0.39, 0.29) is 12.4 Å². The Morgan fingerprint density at radius 1 is 1.02 bits per heavy atom. The number of aliphatic imine (C=N–C) groups is 1. The van der Waals surface area contributed by atoms with Crippen molar-refractivity contribution in [3.63, 3.8) is 0 Å². The van der Waals surface area contributed by atoms with E-state index in [0.29, 0.717) is 45.9 Å². The van der Waals surface area contributed by atoms with Crippen molar-refractivity contribution in [3.8, 4) is 5.75 Å². The standard InChI is InChI=1S/C16H14O3.C13H13N3O.C9H9ClN4S/c17-15(11-6-2-1-3-7-11)13-10-19-14-9-5-4-8-12(14)16(13)18;1-8-13-9(2)15-16-12(11(13)7-14-8)6-10-4-3-5-17-10;10-8-7-9(12-4-11-8)14(5-13-7)6-2-1-3-15-6/h1-9,13,16,18H,10H2;3-5H,6-7H2,1-2H3;4-6H,1-3H2/t;;6-/m..1/s1. The van der Waals surface area contributed by atoms with E-state index in [9.17, 15) is 9.90 Å². The number of hydrogen-bond donors (Lipinski definition) is 1. The predicted octanol–water partition coefficient (Wildman–Crippen LogP) is 7.41. The molecule has 7 heterocycles. The molecule has 1 fully saturated rings. The van der Waals surface area contributed by atoms with E-state index in [0.717, 1.165) is 28.5 Å². The Morgan fingerprint density at radius 2 is 1.84 bits per heavy atom. The minimum atomic E-state index is -0.808. The molecule has 1 N–H and O–H groups in total. The number of aromatic nitrogens is 6. The molecule has 3 atom stereocenters. The van der Waals surface area contributed by atoms with Crippen LogP contribution in [0.1, 0.15) is 75.4 Å². The molecule has 2 aromatic carbocycles. The highest BCUT2D eigenvalue weighted by molar-refractivity contribution is 7.99. The third kappa shape index (κ3) is 7.44. The summed E-state index contributed by atoms with van der Waals surface area (Å²) in [6.45, 7) is 4.93. The quantitative estimate of drug-likeness (QED) is 0.141. The number of aryl methyl sites for hydroxylation is 1. The first-order chi connectivity index (χ1) is 24.9. The second kappa shape index (κ2) is 15.5. The molecule has 51 heavy (non-hydrogen) atoms. The van der Waals surface area contributed by atoms with E-state index >= 15 is 0 Å². The lowest BCUT2D eigenvalue weighted by atomic mass is 9.87. The van der Waals surface area contributed by atoms with E-state index in [1.54, 1.807) is 24.5 Å². The number of furan rings is 1. The average Bonchev–Trinajstić information content (AvgIpc) is 3.99. The minimum absolute atomic E-state index is 0.0809. The molecule has 1 saturated heterocycles. The molecule has 2 unspecified atom stereocenters. The number of imidazole rings is 1. The van der Waals surface area contributed by atoms with E-state index in [2.05, 4.69) is 34.7 Å². The largest absolute Gasteiger partial charge is 0.492 e. The summed E-state index contributed by atoms with van der Waals surface area (Å²) in [6.07, 6.45) is 7.30. The fourth-order valence-corrected chi connectivity index (χ4v) is 7.88. The zero-order valence-corrected chi connectivity index (χ0v) is 29.7. The topological polar surface area (TPSA) is 141 Å². The highest BCUT2D eigenvalue weighted by Gasteiger charge is 2.34. The normalized spacial score (nSPS) is 18.7. The SMILES string of the molecule is CC1=NCc2c(Cc3ccco3)nnc(C)c21.Clc1ncnc2c1ncn2[C@H]1CCCS1.O=C(c1ccccc1)C1COc2ccccc2C1O. The van der Waals surface area contributed by atoms with Gasteiger partial charge in [-0.1, -0.05) is 60.1 Å². The summed E-state index contributed by atoms with van der Waals surface area (Å²) in [7, 11) is 0. The van der Waals surface area contributed by atoms with Gasteiger partial charge in [-0.05, 0) is 50.6 Å². The van der Waals surface area contributed by atoms with Crippen molar-refractivity contribution in [2.24, 2.45) is 10.9 Å². The number of Topliss-reactive ketones (excluding diaryl/α,β-unsaturated/α-hetero) is 1. The highest BCUT2D eigenvalue weighted by Crippen LogP contribution is 2.38. The van der Waals surface area contributed by atoms with Gasteiger partial charge in [-0.3, -0.25) is 9.79 Å². The zero-order chi connectivity index (χ0) is 35.3. The molecule has 0 saturated carbocycles. The van der Waals surface area contributed by atoms with Crippen molar-refractivity contribution in [1.82, 2.24) is 29.7 Å². The van der Waals surface area contributed by atoms with Crippen LogP contribution in [0.4, 0.5) is 0 Å². The van der Waals surface area contributed by atoms with Crippen LogP contribution < -0.4 is 4.74 Å². The molecule has 9 rings (SSSR count). The van der Waals surface area contributed by atoms with Gasteiger partial charge in [0.15, 0.2) is 16.6 Å². The number of rotatable bonds is 5. The van der Waals surface area contributed by atoms with Crippen LogP contribution in [0.25, 0.3) is 11.2 Å². The third-order valence-corrected chi connectivity index (χ3v) is 10.7. The maximum Gasteiger partial charge on any atom is 0.172 e. The van der Waals surface area contributed by atoms with Crippen LogP contribution in [0.3, 0.4) is 0 Å². The number of benzene rings is 2. The fourth-order valence-electron chi connectivity index (χ4n) is 6.45. The first-order valence-electron chi connectivity index (χ1n) is 16.7. The van der Waals surface area contributed by atoms with E-state index < -0.39 is 12.0 Å². The number of ether oxygens (including phenoxy) is 1. The Balaban J connectivity index is 0.000000120. The maximum atomic E-state index is 12.4. The van der Waals surface area contributed by atoms with Gasteiger partial charge in [0.2, 0.25) is 0 Å². The summed E-state index contributed by atoms with van der Waals surface area (Å²) < 4.78 is 13.0. The number of ketones is 1. The third-order valence-electron chi connectivity index (χ3n) is 9.05. The monoisotopic (exact) mass is 721 g/mol. The number of nitrogens with zero attached hydrogens (tertiary/aromatic N) is 7. The summed E-state index contributed by atoms with van der Waals surface area (Å²) in [5.41, 5.74) is 8.20. The lowest BCUT2D eigenvalue weighted by Crippen LogP contribution is -2.32. The van der Waals surface area contributed by atoms with Crippen molar-refractivity contribution in [3.05, 3.63) is 130 Å². The zero-order valence-electron chi connectivity index (χ0n) is 28.1. The number of aliphatic hydroxyl groups excluding tert-OH is 1. The maximum absolute atomic E-state index is 12.4. The molecule has 260 valence electrons. The summed E-state index contributed by atoms with van der Waals surface area (Å²) in [4.78, 5) is 29.3. The fraction of sp³-hybridized carbons (Fsp3) is 0.289. The van der Waals surface area contributed by atoms with E-state index in [1.807, 2.05) is 80.5 Å². The Labute approximate surface area is 304 Å². The number of carbonyl (C=O) groups is 1. The molecule has 3 aliphatic rings. The molecule has 6 aromatic rings. The Hall–Kier alpha value is -4.91. The van der Waals surface area contributed by atoms with Gasteiger partial charge in [-0.15, -0.1) is 11.8 Å². The summed E-state index contributed by atoms with van der Waals surface area (Å²) in [6, 6.07) is 20.1. The number of halogens is 1. The number of carbonyl (C=O) groups excluding carboxylic acids is 1. The van der Waals surface area contributed by atoms with Crippen molar-refractivity contribution in [2.45, 2.75) is 51.1 Å². The van der Waals surface area contributed by atoms with Crippen molar-refractivity contribution < 1.29 is 19.1 Å². The molecule has 0 bridgehead atoms. The Bertz CT molecular complexity index is 2170. The highest BCUT2D eigenvalue weighted by atomic mass is 35.5. The molecule has 0 aliphatic carbocycles. The lowest BCUT2D eigenvalue weighted by molar-refractivity contribution is 0.0418. The molecule has 4 aromatic heterocycles. The first-order valence-corrected chi connectivity index (χ1v) is 18.1. The first kappa shape index (κ1) is 34.5. The van der Waals surface area contributed by atoms with Crippen LogP contribution in [0.2, 0.25) is 5.15 Å². The van der Waals surface area contributed by atoms with Crippen molar-refractivity contribution in [1.29, 1.82) is 0 Å². The van der Waals surface area contributed by atoms with Gasteiger partial charge >= 0.3 is 0 Å². The summed E-state index contributed by atoms with van der Waals surface area (Å²) in [5, 5.41) is 19.7. The van der Waals surface area contributed by atoms with Crippen LogP contribution in [0, 0.1) is 12.8 Å². The summed E-state index contributed by atoms with van der Waals surface area (Å²) in [5.74, 6) is 2.16. The van der Waals surface area contributed by atoms with E-state index in [4.69, 9.17) is 20.8 Å². The predicted molar refractivity (Wildman–Crippen MR) is 196 cm³/mol. The molecular weight excluding hydrogens is 686 g/mol. The molecule has 0 radical (unpaired) electrons. The Morgan fingerprint density at radius 3 is 2.63 bits per heavy atom. The van der Waals surface area contributed by atoms with Gasteiger partial charge in [-0.25, -0.2) is 15.0 Å². The van der Waals surface area contributed by atoms with Crippen LogP contribution in [-0.2, 0) is 13.0 Å². The van der Waals surface area contributed by atoms with Gasteiger partial charge < -0.3 is 18.8 Å². The van der Waals surface area contributed by atoms with E-state index in [1.165, 1.54) is 36.0 Å². The Kier molecular flexibility index (Phi) is 10.5. The number of hydrogen-bond acceptors (Lipinski definition) is 11. The molecule has 13 heteroatoms. The second-order valence-electron chi connectivity index (χ2n) is 12.3. The number of para-hydroxylation sites is 1. The van der Waals surface area contributed by atoms with Gasteiger partial charge in [0.25, 0.3) is 0 Å². The van der Waals surface area contributed by atoms with Gasteiger partial charge in [0.1, 0.15) is 30.0 Å². The van der Waals surface area contributed by atoms with Crippen LogP contribution in [-0.4, -0.2) is 58.7 Å². The van der Waals surface area contributed by atoms with Gasteiger partial charge in [-0.2, -0.15) is 10.2 Å². The molecular formula is C38H36ClN7O4S. The molecule has 11 nitrogen and oxygen atoms in total. The number of thioether (sulfide) groups is 1. The molecule has 0 spiro atoms. The van der Waals surface area contributed by atoms with Crippen LogP contribution in [0.15, 0.2) is 95.1 Å². The van der Waals surface area contributed by atoms with Gasteiger partial charge in [0, 0.05) is 28.0 Å². The summed E-state index contributed by atoms with van der Waals surface area (Å²) >= 11 is 7.88. The lowest BCUT2D eigenvalue weighted by Gasteiger charge is -2.29. The minimum Gasteiger partial charge on any atom is -0.492 e. The van der Waals surface area contributed by atoms with Crippen molar-refractivity contribution >= 4 is 46.0 Å². The average molecular weight is 722 g/mol. The van der Waals surface area contributed by atoms with Crippen molar-refractivity contribution in [2.75, 3.05) is 12.4 Å². The molecule has 0 amide bonds. The number of fused-ring (bicyclic) bond motifs is 3. The second-order valence-corrected chi connectivity index (χ2v) is 14.0. The van der Waals surface area contributed by atoms with Gasteiger partial charge in [0.05, 0.1) is 54.3 Å².